The van der Waals surface area contributed by atoms with Crippen LogP contribution in [-0.4, -0.2) is 16.6 Å². The Kier molecular flexibility index (Phi) is 4.65. The van der Waals surface area contributed by atoms with E-state index in [9.17, 15) is 0 Å². The van der Waals surface area contributed by atoms with Crippen molar-refractivity contribution in [2.24, 2.45) is 0 Å². The Balaban J connectivity index is 1.29. The van der Waals surface area contributed by atoms with Gasteiger partial charge in [0.25, 0.3) is 0 Å². The molecule has 3 heterocycles. The summed E-state index contributed by atoms with van der Waals surface area (Å²) in [6, 6.07) is 37.0. The predicted octanol–water partition coefficient (Wildman–Crippen LogP) is 6.98. The Morgan fingerprint density at radius 1 is 0.667 bits per heavy atom. The summed E-state index contributed by atoms with van der Waals surface area (Å²) in [4.78, 5) is 4.62. The van der Waals surface area contributed by atoms with E-state index in [0.29, 0.717) is 0 Å². The molecule has 0 spiro atoms. The molecule has 0 atom stereocenters. The van der Waals surface area contributed by atoms with Crippen molar-refractivity contribution in [3.05, 3.63) is 115 Å². The van der Waals surface area contributed by atoms with Gasteiger partial charge >= 0.3 is 0 Å². The van der Waals surface area contributed by atoms with E-state index in [1.54, 1.807) is 0 Å². The van der Waals surface area contributed by atoms with Gasteiger partial charge in [-0.25, -0.2) is 4.98 Å². The standard InChI is InChI=1S/C30H23N5O/c1-33-27-13-4-5-14-28(27)35(32-33)21-9-8-10-22(19-21)36-23-16-17-25-24-11-2-3-12-26(24)34(29(25)20-23)30-15-6-7-18-31-30/h2-20,32H,1H3. The number of ether oxygens (including phenoxy) is 1. The number of hydrazine groups is 2. The van der Waals surface area contributed by atoms with Gasteiger partial charge in [-0.05, 0) is 54.6 Å². The van der Waals surface area contributed by atoms with Gasteiger partial charge in [0, 0.05) is 36.1 Å². The number of benzene rings is 4. The Bertz CT molecular complexity index is 1730. The third-order valence-corrected chi connectivity index (χ3v) is 6.57. The molecule has 6 nitrogen and oxygen atoms in total. The Morgan fingerprint density at radius 2 is 1.44 bits per heavy atom. The lowest BCUT2D eigenvalue weighted by atomic mass is 10.1. The first-order chi connectivity index (χ1) is 17.8. The number of pyridine rings is 1. The fraction of sp³-hybridized carbons (Fsp3) is 0.0333. The number of hydrogen-bond acceptors (Lipinski definition) is 5. The van der Waals surface area contributed by atoms with Crippen LogP contribution in [0.4, 0.5) is 17.1 Å². The molecule has 0 bridgehead atoms. The van der Waals surface area contributed by atoms with E-state index >= 15 is 0 Å². The lowest BCUT2D eigenvalue weighted by molar-refractivity contribution is 0.483. The number of nitrogens with zero attached hydrogens (tertiary/aromatic N) is 4. The first-order valence-electron chi connectivity index (χ1n) is 11.9. The normalized spacial score (nSPS) is 12.9. The number of fused-ring (bicyclic) bond motifs is 4. The molecule has 7 rings (SSSR count). The maximum atomic E-state index is 6.39. The summed E-state index contributed by atoms with van der Waals surface area (Å²) in [5.74, 6) is 2.42. The summed E-state index contributed by atoms with van der Waals surface area (Å²) in [6.07, 6.45) is 1.82. The van der Waals surface area contributed by atoms with E-state index in [1.807, 2.05) is 72.9 Å². The number of hydrogen-bond donors (Lipinski definition) is 1. The van der Waals surface area contributed by atoms with Gasteiger partial charge in [-0.2, -0.15) is 0 Å². The number of aromatic nitrogens is 2. The lowest BCUT2D eigenvalue weighted by Crippen LogP contribution is -2.39. The van der Waals surface area contributed by atoms with Gasteiger partial charge in [-0.3, -0.25) is 14.6 Å². The SMILES string of the molecule is CN1NN(c2cccc(Oc3ccc4c5ccccc5n(-c5ccccn5)c4c3)c2)c2ccccc21. The van der Waals surface area contributed by atoms with Crippen molar-refractivity contribution in [2.45, 2.75) is 0 Å². The second-order valence-corrected chi connectivity index (χ2v) is 8.80. The van der Waals surface area contributed by atoms with Crippen LogP contribution >= 0.6 is 0 Å². The van der Waals surface area contributed by atoms with Crippen molar-refractivity contribution in [2.75, 3.05) is 17.1 Å². The first-order valence-corrected chi connectivity index (χ1v) is 11.9. The minimum Gasteiger partial charge on any atom is -0.457 e. The first kappa shape index (κ1) is 20.6. The average molecular weight is 470 g/mol. The number of anilines is 3. The Morgan fingerprint density at radius 3 is 2.33 bits per heavy atom. The van der Waals surface area contributed by atoms with Crippen molar-refractivity contribution in [3.63, 3.8) is 0 Å². The van der Waals surface area contributed by atoms with Gasteiger partial charge in [0.15, 0.2) is 0 Å². The molecule has 4 aromatic carbocycles. The van der Waals surface area contributed by atoms with Gasteiger partial charge in [0.2, 0.25) is 0 Å². The molecule has 36 heavy (non-hydrogen) atoms. The highest BCUT2D eigenvalue weighted by Gasteiger charge is 2.24. The molecule has 0 saturated heterocycles. The molecule has 0 unspecified atom stereocenters. The third kappa shape index (κ3) is 3.27. The predicted molar refractivity (Wildman–Crippen MR) is 145 cm³/mol. The quantitative estimate of drug-likeness (QED) is 0.302. The Labute approximate surface area is 208 Å². The van der Waals surface area contributed by atoms with Gasteiger partial charge in [0.1, 0.15) is 17.3 Å². The molecule has 0 amide bonds. The largest absolute Gasteiger partial charge is 0.457 e. The molecule has 0 fully saturated rings. The molecule has 1 N–H and O–H groups in total. The fourth-order valence-electron chi connectivity index (χ4n) is 4.96. The highest BCUT2D eigenvalue weighted by molar-refractivity contribution is 6.09. The Hall–Kier alpha value is -4.81. The third-order valence-electron chi connectivity index (χ3n) is 6.57. The molecule has 174 valence electrons. The lowest BCUT2D eigenvalue weighted by Gasteiger charge is -2.21. The zero-order chi connectivity index (χ0) is 24.1. The topological polar surface area (TPSA) is 45.6 Å². The minimum absolute atomic E-state index is 0.765. The van der Waals surface area contributed by atoms with Gasteiger partial charge < -0.3 is 4.74 Å². The van der Waals surface area contributed by atoms with Gasteiger partial charge in [-0.1, -0.05) is 42.5 Å². The van der Waals surface area contributed by atoms with E-state index in [1.165, 1.54) is 10.8 Å². The van der Waals surface area contributed by atoms with Crippen LogP contribution in [0, 0.1) is 0 Å². The molecule has 6 aromatic rings. The summed E-state index contributed by atoms with van der Waals surface area (Å²) in [7, 11) is 2.01. The van der Waals surface area contributed by atoms with E-state index in [4.69, 9.17) is 4.74 Å². The van der Waals surface area contributed by atoms with Crippen molar-refractivity contribution in [3.8, 4) is 17.3 Å². The second-order valence-electron chi connectivity index (χ2n) is 8.80. The molecule has 1 aliphatic rings. The van der Waals surface area contributed by atoms with E-state index in [-0.39, 0.29) is 0 Å². The van der Waals surface area contributed by atoms with E-state index < -0.39 is 0 Å². The monoisotopic (exact) mass is 469 g/mol. The molecule has 6 heteroatoms. The molecule has 0 radical (unpaired) electrons. The number of nitrogens with one attached hydrogen (secondary N) is 1. The highest BCUT2D eigenvalue weighted by Crippen LogP contribution is 2.39. The summed E-state index contributed by atoms with van der Waals surface area (Å²) in [6.45, 7) is 0. The second kappa shape index (κ2) is 8.15. The van der Waals surface area contributed by atoms with Crippen LogP contribution in [0.15, 0.2) is 115 Å². The number of para-hydroxylation sites is 3. The average Bonchev–Trinajstić information content (AvgIpc) is 3.44. The maximum absolute atomic E-state index is 6.39. The van der Waals surface area contributed by atoms with Crippen molar-refractivity contribution < 1.29 is 4.74 Å². The van der Waals surface area contributed by atoms with E-state index in [2.05, 4.69) is 74.7 Å². The smallest absolute Gasteiger partial charge is 0.137 e. The van der Waals surface area contributed by atoms with E-state index in [0.717, 1.165) is 45.4 Å². The molecule has 2 aromatic heterocycles. The molecule has 1 aliphatic heterocycles. The van der Waals surface area contributed by atoms with Gasteiger partial charge in [-0.15, -0.1) is 5.53 Å². The zero-order valence-electron chi connectivity index (χ0n) is 19.7. The van der Waals surface area contributed by atoms with Crippen LogP contribution in [0.1, 0.15) is 0 Å². The van der Waals surface area contributed by atoms with Crippen LogP contribution < -0.4 is 20.3 Å². The molecule has 0 aliphatic carbocycles. The van der Waals surface area contributed by atoms with Crippen LogP contribution in [0.3, 0.4) is 0 Å². The van der Waals surface area contributed by atoms with Gasteiger partial charge in [0.05, 0.1) is 28.1 Å². The maximum Gasteiger partial charge on any atom is 0.137 e. The van der Waals surface area contributed by atoms with Crippen LogP contribution in [0.5, 0.6) is 11.5 Å². The fourth-order valence-corrected chi connectivity index (χ4v) is 4.96. The number of rotatable bonds is 4. The summed E-state index contributed by atoms with van der Waals surface area (Å²) in [5, 5.41) is 6.42. The highest BCUT2D eigenvalue weighted by atomic mass is 16.5. The zero-order valence-corrected chi connectivity index (χ0v) is 19.7. The van der Waals surface area contributed by atoms with Crippen LogP contribution in [0.2, 0.25) is 0 Å². The summed E-state index contributed by atoms with van der Waals surface area (Å²) < 4.78 is 8.58. The molecular weight excluding hydrogens is 446 g/mol. The van der Waals surface area contributed by atoms with Crippen LogP contribution in [-0.2, 0) is 0 Å². The summed E-state index contributed by atoms with van der Waals surface area (Å²) in [5.41, 5.74) is 8.78. The molecule has 0 saturated carbocycles. The molecular formula is C30H23N5O. The van der Waals surface area contributed by atoms with Crippen LogP contribution in [0.25, 0.3) is 27.6 Å². The van der Waals surface area contributed by atoms with Crippen molar-refractivity contribution in [1.29, 1.82) is 0 Å². The minimum atomic E-state index is 0.765. The van der Waals surface area contributed by atoms with Crippen molar-refractivity contribution >= 4 is 38.9 Å². The summed E-state index contributed by atoms with van der Waals surface area (Å²) >= 11 is 0. The van der Waals surface area contributed by atoms with Crippen molar-refractivity contribution in [1.82, 2.24) is 15.1 Å².